The number of carbonyl (C=O) groups excluding carboxylic acids is 2. The molecule has 0 spiro atoms. The molecule has 5 nitrogen and oxygen atoms in total. The number of anilines is 2. The molecule has 0 bridgehead atoms. The highest BCUT2D eigenvalue weighted by Gasteiger charge is 2.44. The van der Waals surface area contributed by atoms with Gasteiger partial charge >= 0.3 is 0 Å². The number of hydrogen-bond acceptors (Lipinski definition) is 3. The van der Waals surface area contributed by atoms with Crippen LogP contribution in [0.1, 0.15) is 43.6 Å². The van der Waals surface area contributed by atoms with Gasteiger partial charge < -0.3 is 10.2 Å². The standard InChI is InChI=1S/C19H21N3O2/c1-12(2)22-16-10-14(7-8-15(16)19(3,4)18(22)24)21-17(23)13-6-5-9-20-11-13/h5-12H,1-4H3,(H,21,23). The SMILES string of the molecule is CC(C)N1C(=O)C(C)(C)c2ccc(NC(=O)c3cccnc3)cc21. The Labute approximate surface area is 141 Å². The molecule has 2 aromatic rings. The largest absolute Gasteiger partial charge is 0.322 e. The summed E-state index contributed by atoms with van der Waals surface area (Å²) in [6.45, 7) is 7.85. The Morgan fingerprint density at radius 1 is 1.25 bits per heavy atom. The van der Waals surface area contributed by atoms with E-state index in [2.05, 4.69) is 10.3 Å². The summed E-state index contributed by atoms with van der Waals surface area (Å²) < 4.78 is 0. The predicted molar refractivity (Wildman–Crippen MR) is 94.3 cm³/mol. The second-order valence-corrected chi connectivity index (χ2v) is 6.82. The Bertz CT molecular complexity index is 798. The molecule has 0 radical (unpaired) electrons. The van der Waals surface area contributed by atoms with Crippen molar-refractivity contribution in [3.63, 3.8) is 0 Å². The van der Waals surface area contributed by atoms with Gasteiger partial charge in [0, 0.05) is 24.1 Å². The summed E-state index contributed by atoms with van der Waals surface area (Å²) in [4.78, 5) is 30.8. The van der Waals surface area contributed by atoms with E-state index < -0.39 is 5.41 Å². The van der Waals surface area contributed by atoms with Gasteiger partial charge in [-0.1, -0.05) is 6.07 Å². The average Bonchev–Trinajstić information content (AvgIpc) is 2.74. The molecule has 1 aromatic carbocycles. The van der Waals surface area contributed by atoms with Crippen LogP contribution < -0.4 is 10.2 Å². The molecule has 1 aromatic heterocycles. The van der Waals surface area contributed by atoms with Gasteiger partial charge in [-0.15, -0.1) is 0 Å². The number of fused-ring (bicyclic) bond motifs is 1. The van der Waals surface area contributed by atoms with E-state index in [-0.39, 0.29) is 17.9 Å². The quantitative estimate of drug-likeness (QED) is 0.942. The van der Waals surface area contributed by atoms with E-state index in [1.807, 2.05) is 45.9 Å². The van der Waals surface area contributed by atoms with Crippen molar-refractivity contribution in [1.82, 2.24) is 4.98 Å². The van der Waals surface area contributed by atoms with Crippen LogP contribution in [0.3, 0.4) is 0 Å². The van der Waals surface area contributed by atoms with E-state index in [9.17, 15) is 9.59 Å². The maximum Gasteiger partial charge on any atom is 0.257 e. The molecule has 0 saturated heterocycles. The zero-order valence-corrected chi connectivity index (χ0v) is 14.3. The first-order valence-electron chi connectivity index (χ1n) is 8.02. The van der Waals surface area contributed by atoms with E-state index >= 15 is 0 Å². The van der Waals surface area contributed by atoms with E-state index in [1.54, 1.807) is 23.2 Å². The van der Waals surface area contributed by atoms with Gasteiger partial charge in [-0.3, -0.25) is 14.6 Å². The van der Waals surface area contributed by atoms with Crippen LogP contribution in [-0.4, -0.2) is 22.8 Å². The van der Waals surface area contributed by atoms with Crippen LogP contribution in [0.15, 0.2) is 42.7 Å². The lowest BCUT2D eigenvalue weighted by atomic mass is 9.86. The lowest BCUT2D eigenvalue weighted by molar-refractivity contribution is -0.122. The summed E-state index contributed by atoms with van der Waals surface area (Å²) in [5.74, 6) is -0.133. The molecule has 5 heteroatoms. The van der Waals surface area contributed by atoms with Crippen LogP contribution in [0.2, 0.25) is 0 Å². The highest BCUT2D eigenvalue weighted by molar-refractivity contribution is 6.09. The molecule has 124 valence electrons. The molecule has 1 N–H and O–H groups in total. The van der Waals surface area contributed by atoms with E-state index in [1.165, 1.54) is 6.20 Å². The van der Waals surface area contributed by atoms with Crippen LogP contribution in [0.25, 0.3) is 0 Å². The second kappa shape index (κ2) is 5.74. The molecular formula is C19H21N3O2. The Kier molecular flexibility index (Phi) is 3.87. The number of aromatic nitrogens is 1. The molecule has 2 amide bonds. The monoisotopic (exact) mass is 323 g/mol. The minimum atomic E-state index is -0.550. The molecular weight excluding hydrogens is 302 g/mol. The number of nitrogens with one attached hydrogen (secondary N) is 1. The first-order chi connectivity index (χ1) is 11.3. The number of amides is 2. The summed E-state index contributed by atoms with van der Waals surface area (Å²) in [7, 11) is 0. The van der Waals surface area contributed by atoms with Crippen molar-refractivity contribution in [2.45, 2.75) is 39.2 Å². The average molecular weight is 323 g/mol. The van der Waals surface area contributed by atoms with Crippen molar-refractivity contribution in [1.29, 1.82) is 0 Å². The van der Waals surface area contributed by atoms with Gasteiger partial charge in [-0.05, 0) is 57.5 Å². The van der Waals surface area contributed by atoms with Crippen LogP contribution >= 0.6 is 0 Å². The number of carbonyl (C=O) groups is 2. The van der Waals surface area contributed by atoms with Crippen molar-refractivity contribution in [2.75, 3.05) is 10.2 Å². The van der Waals surface area contributed by atoms with Crippen LogP contribution in [-0.2, 0) is 10.2 Å². The summed E-state index contributed by atoms with van der Waals surface area (Å²) >= 11 is 0. The fraction of sp³-hybridized carbons (Fsp3) is 0.316. The Morgan fingerprint density at radius 3 is 2.62 bits per heavy atom. The highest BCUT2D eigenvalue weighted by atomic mass is 16.2. The van der Waals surface area contributed by atoms with Crippen molar-refractivity contribution in [3.8, 4) is 0 Å². The van der Waals surface area contributed by atoms with E-state index in [0.717, 1.165) is 11.3 Å². The van der Waals surface area contributed by atoms with Crippen LogP contribution in [0.4, 0.5) is 11.4 Å². The van der Waals surface area contributed by atoms with Crippen molar-refractivity contribution < 1.29 is 9.59 Å². The third-order valence-electron chi connectivity index (χ3n) is 4.38. The first-order valence-corrected chi connectivity index (χ1v) is 8.02. The van der Waals surface area contributed by atoms with E-state index in [0.29, 0.717) is 11.3 Å². The van der Waals surface area contributed by atoms with Crippen molar-refractivity contribution in [3.05, 3.63) is 53.9 Å². The topological polar surface area (TPSA) is 62.3 Å². The zero-order valence-electron chi connectivity index (χ0n) is 14.3. The lowest BCUT2D eigenvalue weighted by Gasteiger charge is -2.24. The number of nitrogens with zero attached hydrogens (tertiary/aromatic N) is 2. The number of pyridine rings is 1. The number of rotatable bonds is 3. The maximum atomic E-state index is 12.7. The molecule has 0 saturated carbocycles. The molecule has 3 rings (SSSR count). The Hall–Kier alpha value is -2.69. The summed E-state index contributed by atoms with van der Waals surface area (Å²) in [5, 5.41) is 2.87. The van der Waals surface area contributed by atoms with Gasteiger partial charge in [0.1, 0.15) is 0 Å². The molecule has 0 atom stereocenters. The molecule has 0 aliphatic carbocycles. The molecule has 1 aliphatic rings. The van der Waals surface area contributed by atoms with Gasteiger partial charge in [0.25, 0.3) is 5.91 Å². The van der Waals surface area contributed by atoms with Gasteiger partial charge in [0.2, 0.25) is 5.91 Å². The molecule has 0 fully saturated rings. The Balaban J connectivity index is 1.94. The molecule has 2 heterocycles. The van der Waals surface area contributed by atoms with Gasteiger partial charge in [-0.25, -0.2) is 0 Å². The molecule has 24 heavy (non-hydrogen) atoms. The molecule has 1 aliphatic heterocycles. The smallest absolute Gasteiger partial charge is 0.257 e. The lowest BCUT2D eigenvalue weighted by Crippen LogP contribution is -2.40. The minimum Gasteiger partial charge on any atom is -0.322 e. The Morgan fingerprint density at radius 2 is 2.00 bits per heavy atom. The fourth-order valence-electron chi connectivity index (χ4n) is 3.08. The van der Waals surface area contributed by atoms with Crippen molar-refractivity contribution in [2.24, 2.45) is 0 Å². The van der Waals surface area contributed by atoms with Gasteiger partial charge in [0.05, 0.1) is 16.7 Å². The molecule has 0 unspecified atom stereocenters. The number of benzene rings is 1. The fourth-order valence-corrected chi connectivity index (χ4v) is 3.08. The maximum absolute atomic E-state index is 12.7. The van der Waals surface area contributed by atoms with Gasteiger partial charge in [-0.2, -0.15) is 0 Å². The second-order valence-electron chi connectivity index (χ2n) is 6.82. The summed E-state index contributed by atoms with van der Waals surface area (Å²) in [6.07, 6.45) is 3.15. The first kappa shape index (κ1) is 16.2. The summed E-state index contributed by atoms with van der Waals surface area (Å²) in [6, 6.07) is 9.13. The normalized spacial score (nSPS) is 15.5. The van der Waals surface area contributed by atoms with Crippen LogP contribution in [0.5, 0.6) is 0 Å². The third-order valence-corrected chi connectivity index (χ3v) is 4.38. The van der Waals surface area contributed by atoms with E-state index in [4.69, 9.17) is 0 Å². The number of hydrogen-bond donors (Lipinski definition) is 1. The third kappa shape index (κ3) is 2.56. The van der Waals surface area contributed by atoms with Gasteiger partial charge in [0.15, 0.2) is 0 Å². The van der Waals surface area contributed by atoms with Crippen molar-refractivity contribution >= 4 is 23.2 Å². The minimum absolute atomic E-state index is 0.0577. The summed E-state index contributed by atoms with van der Waals surface area (Å²) in [5.41, 5.74) is 2.46. The predicted octanol–water partition coefficient (Wildman–Crippen LogP) is 3.37. The zero-order chi connectivity index (χ0) is 17.5. The van der Waals surface area contributed by atoms with Crippen LogP contribution in [0, 0.1) is 0 Å². The highest BCUT2D eigenvalue weighted by Crippen LogP contribution is 2.43.